The van der Waals surface area contributed by atoms with Crippen LogP contribution in [0.4, 0.5) is 0 Å². The molecular weight excluding hydrogens is 304 g/mol. The molecule has 0 saturated heterocycles. The predicted octanol–water partition coefficient (Wildman–Crippen LogP) is 4.30. The molecule has 1 aliphatic rings. The predicted molar refractivity (Wildman–Crippen MR) is 96.8 cm³/mol. The SMILES string of the molecule is CCCCCC(O)/C=C/C1CCC(O)C1CCCCCCC(=O)O. The van der Waals surface area contributed by atoms with E-state index in [0.717, 1.165) is 64.2 Å². The summed E-state index contributed by atoms with van der Waals surface area (Å²) in [6.07, 6.45) is 14.6. The van der Waals surface area contributed by atoms with Crippen LogP contribution in [-0.2, 0) is 4.79 Å². The fourth-order valence-electron chi connectivity index (χ4n) is 3.70. The summed E-state index contributed by atoms with van der Waals surface area (Å²) in [7, 11) is 0. The number of aliphatic hydroxyl groups is 2. The summed E-state index contributed by atoms with van der Waals surface area (Å²) in [5.74, 6) is -0.0488. The minimum atomic E-state index is -0.719. The van der Waals surface area contributed by atoms with Crippen LogP contribution in [0.1, 0.15) is 84.0 Å². The van der Waals surface area contributed by atoms with Crippen LogP contribution >= 0.6 is 0 Å². The molecule has 0 spiro atoms. The Morgan fingerprint density at radius 2 is 1.88 bits per heavy atom. The molecule has 0 heterocycles. The Hall–Kier alpha value is -0.870. The second-order valence-corrected chi connectivity index (χ2v) is 7.27. The van der Waals surface area contributed by atoms with Crippen molar-refractivity contribution in [1.82, 2.24) is 0 Å². The molecule has 0 aromatic rings. The molecule has 1 saturated carbocycles. The highest BCUT2D eigenvalue weighted by Crippen LogP contribution is 2.36. The van der Waals surface area contributed by atoms with Gasteiger partial charge in [0.1, 0.15) is 0 Å². The molecule has 0 aromatic carbocycles. The summed E-state index contributed by atoms with van der Waals surface area (Å²) in [6, 6.07) is 0. The van der Waals surface area contributed by atoms with Crippen molar-refractivity contribution in [2.24, 2.45) is 11.8 Å². The second-order valence-electron chi connectivity index (χ2n) is 7.27. The van der Waals surface area contributed by atoms with Gasteiger partial charge in [0.2, 0.25) is 0 Å². The number of unbranched alkanes of at least 4 members (excludes halogenated alkanes) is 5. The molecular formula is C20H36O4. The van der Waals surface area contributed by atoms with Crippen molar-refractivity contribution in [3.8, 4) is 0 Å². The van der Waals surface area contributed by atoms with E-state index in [-0.39, 0.29) is 18.6 Å². The van der Waals surface area contributed by atoms with Crippen LogP contribution in [-0.4, -0.2) is 33.5 Å². The van der Waals surface area contributed by atoms with Gasteiger partial charge in [-0.05, 0) is 43.9 Å². The van der Waals surface area contributed by atoms with Crippen LogP contribution in [0.15, 0.2) is 12.2 Å². The average molecular weight is 341 g/mol. The van der Waals surface area contributed by atoms with Gasteiger partial charge in [-0.15, -0.1) is 0 Å². The second kappa shape index (κ2) is 12.5. The molecule has 4 unspecified atom stereocenters. The van der Waals surface area contributed by atoms with E-state index in [4.69, 9.17) is 5.11 Å². The highest BCUT2D eigenvalue weighted by molar-refractivity contribution is 5.66. The first-order valence-electron chi connectivity index (χ1n) is 9.80. The van der Waals surface area contributed by atoms with Crippen LogP contribution in [0.25, 0.3) is 0 Å². The molecule has 1 fully saturated rings. The molecule has 0 aromatic heterocycles. The molecule has 0 bridgehead atoms. The zero-order valence-electron chi connectivity index (χ0n) is 15.2. The fraction of sp³-hybridized carbons (Fsp3) is 0.850. The van der Waals surface area contributed by atoms with Crippen molar-refractivity contribution >= 4 is 5.97 Å². The molecule has 4 heteroatoms. The van der Waals surface area contributed by atoms with Gasteiger partial charge in [-0.25, -0.2) is 0 Å². The lowest BCUT2D eigenvalue weighted by molar-refractivity contribution is -0.137. The number of hydrogen-bond donors (Lipinski definition) is 3. The van der Waals surface area contributed by atoms with E-state index in [0.29, 0.717) is 11.8 Å². The summed E-state index contributed by atoms with van der Waals surface area (Å²) in [5.41, 5.74) is 0. The maximum atomic E-state index is 10.5. The minimum absolute atomic E-state index is 0.226. The van der Waals surface area contributed by atoms with Crippen LogP contribution in [0.3, 0.4) is 0 Å². The molecule has 4 nitrogen and oxygen atoms in total. The summed E-state index contributed by atoms with van der Waals surface area (Å²) in [6.45, 7) is 2.16. The number of carboxylic acid groups (broad SMARTS) is 1. The molecule has 0 aliphatic heterocycles. The smallest absolute Gasteiger partial charge is 0.303 e. The van der Waals surface area contributed by atoms with Gasteiger partial charge in [0.25, 0.3) is 0 Å². The Morgan fingerprint density at radius 3 is 2.58 bits per heavy atom. The lowest BCUT2D eigenvalue weighted by atomic mass is 9.88. The van der Waals surface area contributed by atoms with Crippen molar-refractivity contribution in [3.05, 3.63) is 12.2 Å². The van der Waals surface area contributed by atoms with Crippen LogP contribution < -0.4 is 0 Å². The molecule has 1 aliphatic carbocycles. The van der Waals surface area contributed by atoms with E-state index in [1.807, 2.05) is 6.08 Å². The van der Waals surface area contributed by atoms with Crippen molar-refractivity contribution in [1.29, 1.82) is 0 Å². The van der Waals surface area contributed by atoms with Gasteiger partial charge in [0.05, 0.1) is 12.2 Å². The highest BCUT2D eigenvalue weighted by atomic mass is 16.4. The molecule has 3 N–H and O–H groups in total. The van der Waals surface area contributed by atoms with Crippen molar-refractivity contribution in [3.63, 3.8) is 0 Å². The van der Waals surface area contributed by atoms with Gasteiger partial charge in [-0.3, -0.25) is 4.79 Å². The number of carbonyl (C=O) groups is 1. The molecule has 0 amide bonds. The van der Waals surface area contributed by atoms with Crippen LogP contribution in [0.5, 0.6) is 0 Å². The number of hydrogen-bond acceptors (Lipinski definition) is 3. The number of allylic oxidation sites excluding steroid dienone is 1. The summed E-state index contributed by atoms with van der Waals surface area (Å²) in [5, 5.41) is 28.8. The van der Waals surface area contributed by atoms with E-state index in [1.165, 1.54) is 6.42 Å². The van der Waals surface area contributed by atoms with Crippen molar-refractivity contribution < 1.29 is 20.1 Å². The van der Waals surface area contributed by atoms with Crippen LogP contribution in [0, 0.1) is 11.8 Å². The average Bonchev–Trinajstić information content (AvgIpc) is 2.89. The molecule has 0 radical (unpaired) electrons. The van der Waals surface area contributed by atoms with Gasteiger partial charge in [-0.1, -0.05) is 57.6 Å². The summed E-state index contributed by atoms with van der Waals surface area (Å²) in [4.78, 5) is 10.5. The summed E-state index contributed by atoms with van der Waals surface area (Å²) < 4.78 is 0. The Morgan fingerprint density at radius 1 is 1.12 bits per heavy atom. The third-order valence-corrected chi connectivity index (χ3v) is 5.20. The Balaban J connectivity index is 2.27. The minimum Gasteiger partial charge on any atom is -0.481 e. The van der Waals surface area contributed by atoms with Gasteiger partial charge in [0, 0.05) is 6.42 Å². The largest absolute Gasteiger partial charge is 0.481 e. The van der Waals surface area contributed by atoms with Gasteiger partial charge in [0.15, 0.2) is 0 Å². The van der Waals surface area contributed by atoms with E-state index in [9.17, 15) is 15.0 Å². The number of aliphatic carboxylic acids is 1. The zero-order valence-corrected chi connectivity index (χ0v) is 15.2. The van der Waals surface area contributed by atoms with E-state index in [1.54, 1.807) is 0 Å². The third kappa shape index (κ3) is 8.84. The standard InChI is InChI=1S/C20H36O4/c1-2-3-6-9-17(21)14-12-16-13-15-19(22)18(16)10-7-4-5-8-11-20(23)24/h12,14,16-19,21-22H,2-11,13,15H2,1H3,(H,23,24)/b14-12+. The maximum Gasteiger partial charge on any atom is 0.303 e. The molecule has 1 rings (SSSR count). The lowest BCUT2D eigenvalue weighted by Gasteiger charge is -2.20. The maximum absolute atomic E-state index is 10.5. The number of carboxylic acids is 1. The molecule has 4 atom stereocenters. The van der Waals surface area contributed by atoms with Gasteiger partial charge < -0.3 is 15.3 Å². The number of aliphatic hydroxyl groups excluding tert-OH is 2. The first-order valence-corrected chi connectivity index (χ1v) is 9.80. The topological polar surface area (TPSA) is 77.8 Å². The summed E-state index contributed by atoms with van der Waals surface area (Å²) >= 11 is 0. The van der Waals surface area contributed by atoms with Gasteiger partial charge >= 0.3 is 5.97 Å². The van der Waals surface area contributed by atoms with E-state index in [2.05, 4.69) is 13.0 Å². The first kappa shape index (κ1) is 21.2. The Bertz CT molecular complexity index is 367. The normalized spacial score (nSPS) is 25.4. The molecule has 140 valence electrons. The fourth-order valence-corrected chi connectivity index (χ4v) is 3.70. The van der Waals surface area contributed by atoms with E-state index < -0.39 is 5.97 Å². The van der Waals surface area contributed by atoms with Crippen molar-refractivity contribution in [2.45, 2.75) is 96.2 Å². The van der Waals surface area contributed by atoms with Gasteiger partial charge in [-0.2, -0.15) is 0 Å². The monoisotopic (exact) mass is 340 g/mol. The first-order chi connectivity index (χ1) is 11.5. The van der Waals surface area contributed by atoms with E-state index >= 15 is 0 Å². The Kier molecular flexibility index (Phi) is 11.0. The molecule has 24 heavy (non-hydrogen) atoms. The third-order valence-electron chi connectivity index (χ3n) is 5.20. The quantitative estimate of drug-likeness (QED) is 0.345. The Labute approximate surface area is 147 Å². The number of rotatable bonds is 13. The highest BCUT2D eigenvalue weighted by Gasteiger charge is 2.32. The lowest BCUT2D eigenvalue weighted by Crippen LogP contribution is -2.18. The zero-order chi connectivity index (χ0) is 17.8. The van der Waals surface area contributed by atoms with Crippen molar-refractivity contribution in [2.75, 3.05) is 0 Å². The van der Waals surface area contributed by atoms with Crippen LogP contribution in [0.2, 0.25) is 0 Å².